The van der Waals surface area contributed by atoms with Gasteiger partial charge in [0.15, 0.2) is 0 Å². The van der Waals surface area contributed by atoms with E-state index in [0.29, 0.717) is 5.41 Å². The summed E-state index contributed by atoms with van der Waals surface area (Å²) in [6.07, 6.45) is 5.44. The molecule has 0 atom stereocenters. The highest BCUT2D eigenvalue weighted by molar-refractivity contribution is 4.64. The van der Waals surface area contributed by atoms with Crippen LogP contribution in [0.2, 0.25) is 0 Å². The van der Waals surface area contributed by atoms with Gasteiger partial charge in [-0.15, -0.1) is 0 Å². The molecule has 0 rings (SSSR count). The second-order valence-corrected chi connectivity index (χ2v) is 5.11. The van der Waals surface area contributed by atoms with Gasteiger partial charge >= 0.3 is 0 Å². The molecule has 0 saturated heterocycles. The maximum atomic E-state index is 7.57. The fourth-order valence-corrected chi connectivity index (χ4v) is 1.14. The molecule has 2 N–H and O–H groups in total. The van der Waals surface area contributed by atoms with Crippen LogP contribution in [0.5, 0.6) is 0 Å². The Bertz CT molecular complexity index is 108. The summed E-state index contributed by atoms with van der Waals surface area (Å²) in [5.41, 5.74) is 0.435. The van der Waals surface area contributed by atoms with Crippen molar-refractivity contribution in [2.75, 3.05) is 19.7 Å². The molecule has 0 spiro atoms. The van der Waals surface area contributed by atoms with Gasteiger partial charge in [-0.3, -0.25) is 0 Å². The first-order valence-electron chi connectivity index (χ1n) is 6.29. The number of unbranched alkanes of at least 4 members (excludes halogenated alkanes) is 3. The van der Waals surface area contributed by atoms with E-state index in [-0.39, 0.29) is 6.61 Å². The largest absolute Gasteiger partial charge is 0.397 e. The van der Waals surface area contributed by atoms with Crippen LogP contribution in [-0.4, -0.2) is 24.8 Å². The number of aliphatic hydroxyl groups is 1. The van der Waals surface area contributed by atoms with Crippen LogP contribution in [-0.2, 0) is 0 Å². The van der Waals surface area contributed by atoms with E-state index in [9.17, 15) is 0 Å². The summed E-state index contributed by atoms with van der Waals surface area (Å²) in [4.78, 5) is 0. The summed E-state index contributed by atoms with van der Waals surface area (Å²) < 4.78 is 0. The van der Waals surface area contributed by atoms with Crippen molar-refractivity contribution >= 4 is 0 Å². The van der Waals surface area contributed by atoms with Crippen LogP contribution in [0.3, 0.4) is 0 Å². The number of aliphatic hydroxyl groups excluding tert-OH is 1. The Morgan fingerprint density at radius 3 is 1.93 bits per heavy atom. The summed E-state index contributed by atoms with van der Waals surface area (Å²) in [5, 5.41) is 11.1. The van der Waals surface area contributed by atoms with E-state index in [1.165, 1.54) is 32.2 Å². The van der Waals surface area contributed by atoms with E-state index in [1.54, 1.807) is 6.92 Å². The second kappa shape index (κ2) is 12.0. The standard InChI is InChI=1S/C11H25N.C2H6O/c1-5-6-7-8-9-12-10-11(2,3)4;1-2-3/h12H,5-10H2,1-4H3;3H,2H2,1H3. The van der Waals surface area contributed by atoms with Gasteiger partial charge in [-0.1, -0.05) is 47.0 Å². The summed E-state index contributed by atoms with van der Waals surface area (Å²) in [7, 11) is 0. The van der Waals surface area contributed by atoms with E-state index in [2.05, 4.69) is 33.0 Å². The van der Waals surface area contributed by atoms with Crippen molar-refractivity contribution in [3.63, 3.8) is 0 Å². The van der Waals surface area contributed by atoms with E-state index >= 15 is 0 Å². The summed E-state index contributed by atoms with van der Waals surface area (Å²) >= 11 is 0. The molecule has 0 unspecified atom stereocenters. The first-order chi connectivity index (χ1) is 6.97. The monoisotopic (exact) mass is 217 g/mol. The average molecular weight is 217 g/mol. The van der Waals surface area contributed by atoms with Gasteiger partial charge < -0.3 is 10.4 Å². The molecule has 0 aromatic rings. The normalized spacial score (nSPS) is 10.8. The minimum Gasteiger partial charge on any atom is -0.397 e. The Hall–Kier alpha value is -0.0800. The number of nitrogens with one attached hydrogen (secondary N) is 1. The van der Waals surface area contributed by atoms with E-state index in [4.69, 9.17) is 5.11 Å². The van der Waals surface area contributed by atoms with Gasteiger partial charge in [0.05, 0.1) is 0 Å². The number of rotatable bonds is 6. The van der Waals surface area contributed by atoms with Crippen molar-refractivity contribution < 1.29 is 5.11 Å². The third kappa shape index (κ3) is 24.9. The van der Waals surface area contributed by atoms with Crippen LogP contribution in [0, 0.1) is 5.41 Å². The summed E-state index contributed by atoms with van der Waals surface area (Å²) in [5.74, 6) is 0. The van der Waals surface area contributed by atoms with E-state index < -0.39 is 0 Å². The summed E-state index contributed by atoms with van der Waals surface area (Å²) in [6, 6.07) is 0. The van der Waals surface area contributed by atoms with Crippen molar-refractivity contribution in [2.45, 2.75) is 60.3 Å². The lowest BCUT2D eigenvalue weighted by Gasteiger charge is -2.18. The minimum atomic E-state index is 0.250. The molecular weight excluding hydrogens is 186 g/mol. The number of hydrogen-bond donors (Lipinski definition) is 2. The second-order valence-electron chi connectivity index (χ2n) is 5.11. The van der Waals surface area contributed by atoms with Gasteiger partial charge in [-0.25, -0.2) is 0 Å². The van der Waals surface area contributed by atoms with Crippen molar-refractivity contribution in [1.29, 1.82) is 0 Å². The zero-order valence-corrected chi connectivity index (χ0v) is 11.4. The molecular formula is C13H31NO. The highest BCUT2D eigenvalue weighted by atomic mass is 16.2. The predicted octanol–water partition coefficient (Wildman–Crippen LogP) is 3.20. The molecule has 0 saturated carbocycles. The lowest BCUT2D eigenvalue weighted by molar-refractivity contribution is 0.318. The predicted molar refractivity (Wildman–Crippen MR) is 69.2 cm³/mol. The van der Waals surface area contributed by atoms with Crippen LogP contribution in [0.25, 0.3) is 0 Å². The van der Waals surface area contributed by atoms with Crippen molar-refractivity contribution in [1.82, 2.24) is 5.32 Å². The molecule has 0 aliphatic heterocycles. The molecule has 94 valence electrons. The Morgan fingerprint density at radius 1 is 1.00 bits per heavy atom. The van der Waals surface area contributed by atoms with Crippen LogP contribution < -0.4 is 5.32 Å². The maximum absolute atomic E-state index is 7.57. The lowest BCUT2D eigenvalue weighted by Crippen LogP contribution is -2.27. The van der Waals surface area contributed by atoms with E-state index in [1.807, 2.05) is 0 Å². The van der Waals surface area contributed by atoms with E-state index in [0.717, 1.165) is 6.54 Å². The summed E-state index contributed by atoms with van der Waals surface area (Å²) in [6.45, 7) is 13.3. The lowest BCUT2D eigenvalue weighted by atomic mass is 9.97. The molecule has 0 amide bonds. The third-order valence-corrected chi connectivity index (χ3v) is 1.86. The molecule has 0 fully saturated rings. The van der Waals surface area contributed by atoms with Crippen LogP contribution >= 0.6 is 0 Å². The fraction of sp³-hybridized carbons (Fsp3) is 1.00. The quantitative estimate of drug-likeness (QED) is 0.670. The molecule has 0 bridgehead atoms. The zero-order chi connectivity index (χ0) is 12.2. The van der Waals surface area contributed by atoms with Crippen LogP contribution in [0.4, 0.5) is 0 Å². The van der Waals surface area contributed by atoms with Gasteiger partial charge in [-0.05, 0) is 31.8 Å². The smallest absolute Gasteiger partial charge is 0.0402 e. The Kier molecular flexibility index (Phi) is 13.8. The van der Waals surface area contributed by atoms with Crippen molar-refractivity contribution in [3.05, 3.63) is 0 Å². The Balaban J connectivity index is 0. The highest BCUT2D eigenvalue weighted by Crippen LogP contribution is 2.10. The van der Waals surface area contributed by atoms with Gasteiger partial charge in [0.1, 0.15) is 0 Å². The minimum absolute atomic E-state index is 0.250. The Labute approximate surface area is 96.5 Å². The molecule has 2 heteroatoms. The first-order valence-corrected chi connectivity index (χ1v) is 6.29. The SMILES string of the molecule is CCCCCCNCC(C)(C)C.CCO. The van der Waals surface area contributed by atoms with Gasteiger partial charge in [-0.2, -0.15) is 0 Å². The molecule has 0 aromatic heterocycles. The fourth-order valence-electron chi connectivity index (χ4n) is 1.14. The first kappa shape index (κ1) is 17.3. The highest BCUT2D eigenvalue weighted by Gasteiger charge is 2.07. The maximum Gasteiger partial charge on any atom is 0.0402 e. The zero-order valence-electron chi connectivity index (χ0n) is 11.4. The van der Waals surface area contributed by atoms with Gasteiger partial charge in [0.2, 0.25) is 0 Å². The van der Waals surface area contributed by atoms with Gasteiger partial charge in [0, 0.05) is 6.61 Å². The average Bonchev–Trinajstić information content (AvgIpc) is 2.11. The number of hydrogen-bond acceptors (Lipinski definition) is 2. The molecule has 15 heavy (non-hydrogen) atoms. The molecule has 0 aliphatic rings. The van der Waals surface area contributed by atoms with Crippen molar-refractivity contribution in [2.24, 2.45) is 5.41 Å². The van der Waals surface area contributed by atoms with Gasteiger partial charge in [0.25, 0.3) is 0 Å². The Morgan fingerprint density at radius 2 is 1.53 bits per heavy atom. The molecule has 0 aromatic carbocycles. The van der Waals surface area contributed by atoms with Crippen LogP contribution in [0.1, 0.15) is 60.3 Å². The molecule has 0 aliphatic carbocycles. The molecule has 0 heterocycles. The van der Waals surface area contributed by atoms with Crippen LogP contribution in [0.15, 0.2) is 0 Å². The third-order valence-electron chi connectivity index (χ3n) is 1.86. The topological polar surface area (TPSA) is 32.3 Å². The molecule has 0 radical (unpaired) electrons. The van der Waals surface area contributed by atoms with Crippen molar-refractivity contribution in [3.8, 4) is 0 Å². The molecule has 2 nitrogen and oxygen atoms in total.